The molecule has 0 aliphatic heterocycles. The zero-order chi connectivity index (χ0) is 15.2. The van der Waals surface area contributed by atoms with Crippen molar-refractivity contribution in [3.8, 4) is 17.6 Å². The van der Waals surface area contributed by atoms with Gasteiger partial charge in [0.1, 0.15) is 12.4 Å². The van der Waals surface area contributed by atoms with Crippen LogP contribution in [0, 0.1) is 17.1 Å². The average Bonchev–Trinajstić information content (AvgIpc) is 2.52. The van der Waals surface area contributed by atoms with Crippen molar-refractivity contribution in [2.24, 2.45) is 0 Å². The number of hydrogen-bond acceptors (Lipinski definition) is 3. The fourth-order valence-corrected chi connectivity index (χ4v) is 2.37. The van der Waals surface area contributed by atoms with E-state index < -0.39 is 5.82 Å². The van der Waals surface area contributed by atoms with Crippen molar-refractivity contribution in [1.29, 1.82) is 5.26 Å². The molecule has 0 atom stereocenters. The van der Waals surface area contributed by atoms with Gasteiger partial charge in [-0.25, -0.2) is 4.39 Å². The number of alkyl halides is 1. The molecule has 2 rings (SSSR count). The van der Waals surface area contributed by atoms with Crippen LogP contribution in [-0.2, 0) is 11.9 Å². The van der Waals surface area contributed by atoms with E-state index in [1.807, 2.05) is 18.2 Å². The first kappa shape index (κ1) is 15.3. The Morgan fingerprint density at radius 1 is 1.24 bits per heavy atom. The maximum Gasteiger partial charge on any atom is 0.165 e. The molecule has 2 aromatic rings. The van der Waals surface area contributed by atoms with Crippen LogP contribution in [-0.4, -0.2) is 7.11 Å². The van der Waals surface area contributed by atoms with Crippen LogP contribution in [0.3, 0.4) is 0 Å². The minimum Gasteiger partial charge on any atom is -0.493 e. The monoisotopic (exact) mass is 349 g/mol. The summed E-state index contributed by atoms with van der Waals surface area (Å²) in [6, 6.07) is 11.6. The molecule has 2 aromatic carbocycles. The predicted octanol–water partition coefficient (Wildman–Crippen LogP) is 4.18. The van der Waals surface area contributed by atoms with Gasteiger partial charge in [0.05, 0.1) is 18.7 Å². The van der Waals surface area contributed by atoms with E-state index in [1.54, 1.807) is 13.2 Å². The van der Waals surface area contributed by atoms with Gasteiger partial charge in [0.25, 0.3) is 0 Å². The summed E-state index contributed by atoms with van der Waals surface area (Å²) >= 11 is 3.39. The number of halogens is 2. The topological polar surface area (TPSA) is 42.2 Å². The molecular formula is C16H13BrFNO2. The number of rotatable bonds is 5. The summed E-state index contributed by atoms with van der Waals surface area (Å²) in [4.78, 5) is 0. The Labute approximate surface area is 131 Å². The number of hydrogen-bond donors (Lipinski definition) is 0. The third kappa shape index (κ3) is 3.53. The first-order valence-electron chi connectivity index (χ1n) is 6.22. The summed E-state index contributed by atoms with van der Waals surface area (Å²) < 4.78 is 24.3. The Balaban J connectivity index is 2.28. The summed E-state index contributed by atoms with van der Waals surface area (Å²) in [5.41, 5.74) is 1.82. The van der Waals surface area contributed by atoms with Crippen LogP contribution in [0.25, 0.3) is 0 Å². The second kappa shape index (κ2) is 7.09. The first-order valence-corrected chi connectivity index (χ1v) is 7.35. The standard InChI is InChI=1S/C16H13BrFNO2/c1-20-15-4-2-3-11(8-17)16(15)21-10-13-7-14(18)6-5-12(13)9-19/h2-7H,8,10H2,1H3. The van der Waals surface area contributed by atoms with E-state index in [0.717, 1.165) is 5.56 Å². The van der Waals surface area contributed by atoms with Crippen molar-refractivity contribution in [1.82, 2.24) is 0 Å². The lowest BCUT2D eigenvalue weighted by atomic mass is 10.1. The van der Waals surface area contributed by atoms with Crippen LogP contribution in [0.1, 0.15) is 16.7 Å². The number of benzene rings is 2. The van der Waals surface area contributed by atoms with Crippen molar-refractivity contribution < 1.29 is 13.9 Å². The van der Waals surface area contributed by atoms with E-state index in [1.165, 1.54) is 18.2 Å². The van der Waals surface area contributed by atoms with Gasteiger partial charge in [0.15, 0.2) is 11.5 Å². The highest BCUT2D eigenvalue weighted by Gasteiger charge is 2.11. The van der Waals surface area contributed by atoms with Gasteiger partial charge in [0.2, 0.25) is 0 Å². The van der Waals surface area contributed by atoms with Gasteiger partial charge in [-0.3, -0.25) is 0 Å². The second-order valence-corrected chi connectivity index (χ2v) is 4.84. The molecule has 0 fully saturated rings. The average molecular weight is 350 g/mol. The van der Waals surface area contributed by atoms with E-state index >= 15 is 0 Å². The Bertz CT molecular complexity index is 660. The zero-order valence-corrected chi connectivity index (χ0v) is 13.0. The van der Waals surface area contributed by atoms with Crippen molar-refractivity contribution >= 4 is 15.9 Å². The minimum absolute atomic E-state index is 0.0982. The highest BCUT2D eigenvalue weighted by Crippen LogP contribution is 2.33. The van der Waals surface area contributed by atoms with Gasteiger partial charge in [0, 0.05) is 16.5 Å². The lowest BCUT2D eigenvalue weighted by Gasteiger charge is -2.14. The largest absolute Gasteiger partial charge is 0.493 e. The highest BCUT2D eigenvalue weighted by molar-refractivity contribution is 9.08. The van der Waals surface area contributed by atoms with E-state index in [0.29, 0.717) is 28.0 Å². The van der Waals surface area contributed by atoms with Gasteiger partial charge in [-0.2, -0.15) is 5.26 Å². The van der Waals surface area contributed by atoms with Crippen LogP contribution in [0.15, 0.2) is 36.4 Å². The number of para-hydroxylation sites is 1. The molecule has 0 amide bonds. The summed E-state index contributed by atoms with van der Waals surface area (Å²) in [6.45, 7) is 0.0982. The van der Waals surface area contributed by atoms with Crippen LogP contribution < -0.4 is 9.47 Å². The Kier molecular flexibility index (Phi) is 5.18. The third-order valence-corrected chi connectivity index (χ3v) is 3.59. The maximum absolute atomic E-state index is 13.3. The maximum atomic E-state index is 13.3. The molecule has 0 saturated carbocycles. The molecule has 0 spiro atoms. The van der Waals surface area contributed by atoms with Gasteiger partial charge < -0.3 is 9.47 Å². The van der Waals surface area contributed by atoms with E-state index in [-0.39, 0.29) is 6.61 Å². The molecule has 3 nitrogen and oxygen atoms in total. The summed E-state index contributed by atoms with van der Waals surface area (Å²) in [5.74, 6) is 0.792. The highest BCUT2D eigenvalue weighted by atomic mass is 79.9. The SMILES string of the molecule is COc1cccc(CBr)c1OCc1cc(F)ccc1C#N. The van der Waals surface area contributed by atoms with Crippen LogP contribution in [0.2, 0.25) is 0 Å². The van der Waals surface area contributed by atoms with Crippen LogP contribution in [0.5, 0.6) is 11.5 Å². The molecule has 0 unspecified atom stereocenters. The van der Waals surface area contributed by atoms with E-state index in [4.69, 9.17) is 14.7 Å². The molecular weight excluding hydrogens is 337 g/mol. The van der Waals surface area contributed by atoms with Crippen molar-refractivity contribution in [2.45, 2.75) is 11.9 Å². The predicted molar refractivity (Wildman–Crippen MR) is 81.1 cm³/mol. The Morgan fingerprint density at radius 2 is 2.05 bits per heavy atom. The number of nitriles is 1. The molecule has 0 saturated heterocycles. The lowest BCUT2D eigenvalue weighted by molar-refractivity contribution is 0.281. The number of nitrogens with zero attached hydrogens (tertiary/aromatic N) is 1. The molecule has 0 bridgehead atoms. The van der Waals surface area contributed by atoms with E-state index in [9.17, 15) is 4.39 Å². The summed E-state index contributed by atoms with van der Waals surface area (Å²) in [5, 5.41) is 9.65. The van der Waals surface area contributed by atoms with Crippen molar-refractivity contribution in [3.63, 3.8) is 0 Å². The smallest absolute Gasteiger partial charge is 0.165 e. The van der Waals surface area contributed by atoms with Crippen LogP contribution >= 0.6 is 15.9 Å². The fourth-order valence-electron chi connectivity index (χ4n) is 1.93. The van der Waals surface area contributed by atoms with Gasteiger partial charge >= 0.3 is 0 Å². The minimum atomic E-state index is -0.395. The summed E-state index contributed by atoms with van der Waals surface area (Å²) in [6.07, 6.45) is 0. The molecule has 108 valence electrons. The number of ether oxygens (including phenoxy) is 2. The molecule has 0 aliphatic rings. The van der Waals surface area contributed by atoms with Gasteiger partial charge in [-0.1, -0.05) is 28.1 Å². The molecule has 21 heavy (non-hydrogen) atoms. The van der Waals surface area contributed by atoms with Gasteiger partial charge in [-0.15, -0.1) is 0 Å². The Morgan fingerprint density at radius 3 is 2.71 bits per heavy atom. The molecule has 0 radical (unpaired) electrons. The molecule has 5 heteroatoms. The van der Waals surface area contributed by atoms with Crippen molar-refractivity contribution in [2.75, 3.05) is 7.11 Å². The van der Waals surface area contributed by atoms with Crippen molar-refractivity contribution in [3.05, 3.63) is 58.9 Å². The molecule has 0 aromatic heterocycles. The zero-order valence-electron chi connectivity index (χ0n) is 11.4. The van der Waals surface area contributed by atoms with Gasteiger partial charge in [-0.05, 0) is 24.3 Å². The lowest BCUT2D eigenvalue weighted by Crippen LogP contribution is -2.02. The summed E-state index contributed by atoms with van der Waals surface area (Å²) in [7, 11) is 1.56. The third-order valence-electron chi connectivity index (χ3n) is 2.98. The van der Waals surface area contributed by atoms with Crippen LogP contribution in [0.4, 0.5) is 4.39 Å². The molecule has 0 N–H and O–H groups in total. The first-order chi connectivity index (χ1) is 10.2. The van der Waals surface area contributed by atoms with E-state index in [2.05, 4.69) is 15.9 Å². The normalized spacial score (nSPS) is 10.0. The molecule has 0 heterocycles. The fraction of sp³-hybridized carbons (Fsp3) is 0.188. The second-order valence-electron chi connectivity index (χ2n) is 4.28. The Hall–Kier alpha value is -2.06. The quantitative estimate of drug-likeness (QED) is 0.760. The molecule has 0 aliphatic carbocycles. The number of methoxy groups -OCH3 is 1.